The fourth-order valence-electron chi connectivity index (χ4n) is 3.04. The minimum Gasteiger partial charge on any atom is -0.372 e. The van der Waals surface area contributed by atoms with Gasteiger partial charge in [-0.3, -0.25) is 4.79 Å². The van der Waals surface area contributed by atoms with E-state index in [-0.39, 0.29) is 0 Å². The minimum absolute atomic E-state index is 0.404. The first-order valence-electron chi connectivity index (χ1n) is 7.44. The zero-order valence-corrected chi connectivity index (χ0v) is 11.5. The Bertz CT molecular complexity index is 425. The fraction of sp³-hybridized carbons (Fsp3) is 0.562. The maximum absolute atomic E-state index is 11.3. The van der Waals surface area contributed by atoms with Gasteiger partial charge in [-0.2, -0.15) is 0 Å². The Hall–Kier alpha value is -1.51. The second kappa shape index (κ2) is 5.64. The first-order valence-corrected chi connectivity index (χ1v) is 7.44. The highest BCUT2D eigenvalue weighted by Gasteiger charge is 2.17. The van der Waals surface area contributed by atoms with Crippen molar-refractivity contribution in [2.75, 3.05) is 36.0 Å². The molecule has 0 radical (unpaired) electrons. The van der Waals surface area contributed by atoms with Crippen LogP contribution in [0.25, 0.3) is 0 Å². The van der Waals surface area contributed by atoms with Crippen molar-refractivity contribution in [3.05, 3.63) is 24.3 Å². The van der Waals surface area contributed by atoms with Crippen LogP contribution in [0.2, 0.25) is 0 Å². The van der Waals surface area contributed by atoms with E-state index in [9.17, 15) is 4.79 Å². The van der Waals surface area contributed by atoms with E-state index in [1.54, 1.807) is 0 Å². The summed E-state index contributed by atoms with van der Waals surface area (Å²) in [6, 6.07) is 8.88. The second-order valence-corrected chi connectivity index (χ2v) is 5.59. The number of hydrogen-bond acceptors (Lipinski definition) is 3. The monoisotopic (exact) mass is 258 g/mol. The highest BCUT2D eigenvalue weighted by atomic mass is 16.1. The molecule has 0 aliphatic carbocycles. The summed E-state index contributed by atoms with van der Waals surface area (Å²) in [6.07, 6.45) is 5.41. The van der Waals surface area contributed by atoms with Gasteiger partial charge in [0.25, 0.3) is 0 Å². The van der Waals surface area contributed by atoms with Crippen molar-refractivity contribution in [1.82, 2.24) is 0 Å². The Balaban J connectivity index is 1.66. The van der Waals surface area contributed by atoms with E-state index in [1.165, 1.54) is 43.7 Å². The van der Waals surface area contributed by atoms with Crippen LogP contribution in [0.15, 0.2) is 24.3 Å². The number of anilines is 2. The molecule has 2 saturated heterocycles. The molecule has 102 valence electrons. The van der Waals surface area contributed by atoms with Crippen LogP contribution in [0.1, 0.15) is 32.1 Å². The van der Waals surface area contributed by atoms with Gasteiger partial charge in [0.05, 0.1) is 0 Å². The van der Waals surface area contributed by atoms with Crippen molar-refractivity contribution in [3.8, 4) is 0 Å². The van der Waals surface area contributed by atoms with E-state index >= 15 is 0 Å². The van der Waals surface area contributed by atoms with Gasteiger partial charge in [0.15, 0.2) is 0 Å². The van der Waals surface area contributed by atoms with E-state index in [2.05, 4.69) is 34.1 Å². The van der Waals surface area contributed by atoms with Crippen LogP contribution in [-0.2, 0) is 4.79 Å². The summed E-state index contributed by atoms with van der Waals surface area (Å²) >= 11 is 0. The van der Waals surface area contributed by atoms with Crippen molar-refractivity contribution in [3.63, 3.8) is 0 Å². The Morgan fingerprint density at radius 1 is 0.684 bits per heavy atom. The van der Waals surface area contributed by atoms with Gasteiger partial charge in [0, 0.05) is 50.4 Å². The highest BCUT2D eigenvalue weighted by Crippen LogP contribution is 2.24. The average molecular weight is 258 g/mol. The number of rotatable bonds is 2. The lowest BCUT2D eigenvalue weighted by Gasteiger charge is -2.31. The smallest absolute Gasteiger partial charge is 0.136 e. The summed E-state index contributed by atoms with van der Waals surface area (Å²) in [6.45, 7) is 4.14. The topological polar surface area (TPSA) is 23.6 Å². The van der Waals surface area contributed by atoms with Crippen molar-refractivity contribution in [2.24, 2.45) is 0 Å². The van der Waals surface area contributed by atoms with Crippen LogP contribution in [0.4, 0.5) is 11.4 Å². The molecule has 2 aliphatic heterocycles. The molecule has 1 aromatic carbocycles. The first kappa shape index (κ1) is 12.5. The Morgan fingerprint density at radius 3 is 1.68 bits per heavy atom. The van der Waals surface area contributed by atoms with Crippen molar-refractivity contribution < 1.29 is 4.79 Å². The summed E-state index contributed by atoms with van der Waals surface area (Å²) in [5.41, 5.74) is 2.60. The molecular formula is C16H22N2O. The van der Waals surface area contributed by atoms with Crippen molar-refractivity contribution in [2.45, 2.75) is 32.1 Å². The summed E-state index contributed by atoms with van der Waals surface area (Å²) in [7, 11) is 0. The van der Waals surface area contributed by atoms with Gasteiger partial charge in [-0.05, 0) is 43.5 Å². The predicted molar refractivity (Wildman–Crippen MR) is 79.0 cm³/mol. The standard InChI is InChI=1S/C16H22N2O/c19-16-8-12-18(13-9-16)15-6-4-14(5-7-15)17-10-2-1-3-11-17/h4-7H,1-3,8-13H2. The third-order valence-corrected chi connectivity index (χ3v) is 4.26. The summed E-state index contributed by atoms with van der Waals surface area (Å²) < 4.78 is 0. The van der Waals surface area contributed by atoms with Gasteiger partial charge in [-0.1, -0.05) is 0 Å². The van der Waals surface area contributed by atoms with Gasteiger partial charge < -0.3 is 9.80 Å². The third-order valence-electron chi connectivity index (χ3n) is 4.26. The van der Waals surface area contributed by atoms with Crippen molar-refractivity contribution in [1.29, 1.82) is 0 Å². The van der Waals surface area contributed by atoms with E-state index in [0.29, 0.717) is 18.6 Å². The third kappa shape index (κ3) is 2.91. The number of carbonyl (C=O) groups is 1. The van der Waals surface area contributed by atoms with Crippen molar-refractivity contribution >= 4 is 17.2 Å². The maximum Gasteiger partial charge on any atom is 0.136 e. The molecule has 1 aromatic rings. The second-order valence-electron chi connectivity index (χ2n) is 5.59. The largest absolute Gasteiger partial charge is 0.372 e. The first-order chi connectivity index (χ1) is 9.33. The lowest BCUT2D eigenvalue weighted by molar-refractivity contribution is -0.119. The summed E-state index contributed by atoms with van der Waals surface area (Å²) in [5.74, 6) is 0.404. The van der Waals surface area contributed by atoms with E-state index in [4.69, 9.17) is 0 Å². The van der Waals surface area contributed by atoms with Gasteiger partial charge in [-0.25, -0.2) is 0 Å². The van der Waals surface area contributed by atoms with Crippen LogP contribution < -0.4 is 9.80 Å². The van der Waals surface area contributed by atoms with Gasteiger partial charge in [0.2, 0.25) is 0 Å². The fourth-order valence-corrected chi connectivity index (χ4v) is 3.04. The van der Waals surface area contributed by atoms with Crippen LogP contribution in [0, 0.1) is 0 Å². The molecule has 3 heteroatoms. The number of benzene rings is 1. The van der Waals surface area contributed by atoms with Gasteiger partial charge in [-0.15, -0.1) is 0 Å². The molecule has 0 unspecified atom stereocenters. The van der Waals surface area contributed by atoms with E-state index in [0.717, 1.165) is 13.1 Å². The maximum atomic E-state index is 11.3. The molecule has 0 bridgehead atoms. The normalized spacial score (nSPS) is 20.7. The number of hydrogen-bond donors (Lipinski definition) is 0. The quantitative estimate of drug-likeness (QED) is 0.815. The van der Waals surface area contributed by atoms with Gasteiger partial charge in [0.1, 0.15) is 5.78 Å². The molecule has 2 heterocycles. The molecule has 0 spiro atoms. The Kier molecular flexibility index (Phi) is 3.72. The number of carbonyl (C=O) groups excluding carboxylic acids is 1. The molecule has 0 aromatic heterocycles. The molecular weight excluding hydrogens is 236 g/mol. The molecule has 2 aliphatic rings. The zero-order chi connectivity index (χ0) is 13.1. The average Bonchev–Trinajstić information content (AvgIpc) is 2.49. The highest BCUT2D eigenvalue weighted by molar-refractivity contribution is 5.81. The van der Waals surface area contributed by atoms with Crippen LogP contribution in [-0.4, -0.2) is 32.0 Å². The Labute approximate surface area is 115 Å². The number of Topliss-reactive ketones (excluding diaryl/α,β-unsaturated/α-hetero) is 1. The number of ketones is 1. The van der Waals surface area contributed by atoms with Gasteiger partial charge >= 0.3 is 0 Å². The molecule has 0 N–H and O–H groups in total. The van der Waals surface area contributed by atoms with Crippen LogP contribution >= 0.6 is 0 Å². The Morgan fingerprint density at radius 2 is 1.16 bits per heavy atom. The molecule has 2 fully saturated rings. The summed E-state index contributed by atoms with van der Waals surface area (Å²) in [4.78, 5) is 16.1. The molecule has 0 saturated carbocycles. The molecule has 3 nitrogen and oxygen atoms in total. The lowest BCUT2D eigenvalue weighted by atomic mass is 10.1. The zero-order valence-electron chi connectivity index (χ0n) is 11.5. The SMILES string of the molecule is O=C1CCN(c2ccc(N3CCCCC3)cc2)CC1. The molecule has 0 atom stereocenters. The van der Waals surface area contributed by atoms with E-state index < -0.39 is 0 Å². The molecule has 19 heavy (non-hydrogen) atoms. The molecule has 3 rings (SSSR count). The molecule has 0 amide bonds. The van der Waals surface area contributed by atoms with Crippen LogP contribution in [0.3, 0.4) is 0 Å². The van der Waals surface area contributed by atoms with E-state index in [1.807, 2.05) is 0 Å². The van der Waals surface area contributed by atoms with Crippen LogP contribution in [0.5, 0.6) is 0 Å². The number of piperidine rings is 2. The lowest BCUT2D eigenvalue weighted by Crippen LogP contribution is -2.33. The minimum atomic E-state index is 0.404. The number of nitrogens with zero attached hydrogens (tertiary/aromatic N) is 2. The summed E-state index contributed by atoms with van der Waals surface area (Å²) in [5, 5.41) is 0. The predicted octanol–water partition coefficient (Wildman–Crippen LogP) is 2.85.